The minimum absolute atomic E-state index is 0.344. The Kier molecular flexibility index (Phi) is 5.89. The van der Waals surface area contributed by atoms with Crippen LogP contribution in [-0.4, -0.2) is 18.0 Å². The topological polar surface area (TPSA) is 70.2 Å². The number of imide groups is 1. The van der Waals surface area contributed by atoms with Gasteiger partial charge in [0, 0.05) is 12.2 Å². The first-order valence-electron chi connectivity index (χ1n) is 9.13. The predicted octanol–water partition coefficient (Wildman–Crippen LogP) is 3.39. The van der Waals surface area contributed by atoms with Gasteiger partial charge in [-0.15, -0.1) is 0 Å². The van der Waals surface area contributed by atoms with Gasteiger partial charge in [-0.3, -0.25) is 10.1 Å². The molecule has 1 unspecified atom stereocenters. The molecule has 3 amide bonds. The van der Waals surface area contributed by atoms with Crippen LogP contribution in [0.2, 0.25) is 0 Å². The first-order valence-corrected chi connectivity index (χ1v) is 9.13. The number of nitrogens with one attached hydrogen (secondary N) is 3. The number of hydrogen-bond donors (Lipinski definition) is 3. The highest BCUT2D eigenvalue weighted by atomic mass is 16.2. The number of anilines is 1. The maximum Gasteiger partial charge on any atom is 0.321 e. The van der Waals surface area contributed by atoms with Gasteiger partial charge in [0.15, 0.2) is 0 Å². The number of urea groups is 1. The molecule has 5 heteroatoms. The molecule has 0 saturated carbocycles. The number of aryl methyl sites for hydroxylation is 1. The number of amides is 3. The van der Waals surface area contributed by atoms with Crippen LogP contribution in [0.1, 0.15) is 36.5 Å². The van der Waals surface area contributed by atoms with Crippen molar-refractivity contribution in [2.75, 3.05) is 5.32 Å². The second kappa shape index (κ2) is 8.52. The van der Waals surface area contributed by atoms with Gasteiger partial charge in [0.1, 0.15) is 6.04 Å². The van der Waals surface area contributed by atoms with Gasteiger partial charge in [0.25, 0.3) is 0 Å². The number of benzene rings is 2. The lowest BCUT2D eigenvalue weighted by Crippen LogP contribution is -2.45. The molecule has 5 nitrogen and oxygen atoms in total. The predicted molar refractivity (Wildman–Crippen MR) is 103 cm³/mol. The van der Waals surface area contributed by atoms with Crippen LogP contribution in [0.5, 0.6) is 0 Å². The molecule has 0 spiro atoms. The molecule has 3 rings (SSSR count). The van der Waals surface area contributed by atoms with Gasteiger partial charge in [-0.05, 0) is 55.4 Å². The van der Waals surface area contributed by atoms with Crippen LogP contribution < -0.4 is 16.0 Å². The van der Waals surface area contributed by atoms with E-state index in [-0.39, 0.29) is 5.91 Å². The molecule has 0 aromatic heterocycles. The zero-order valence-electron chi connectivity index (χ0n) is 15.0. The number of carbonyl (C=O) groups excluding carboxylic acids is 2. The Balaban J connectivity index is 1.52. The Morgan fingerprint density at radius 2 is 1.77 bits per heavy atom. The summed E-state index contributed by atoms with van der Waals surface area (Å²) in [5.41, 5.74) is 4.63. The van der Waals surface area contributed by atoms with Crippen LogP contribution in [0.25, 0.3) is 0 Å². The first-order chi connectivity index (χ1) is 12.6. The van der Waals surface area contributed by atoms with Crippen molar-refractivity contribution < 1.29 is 9.59 Å². The summed E-state index contributed by atoms with van der Waals surface area (Å²) in [6, 6.07) is 14.8. The lowest BCUT2D eigenvalue weighted by molar-refractivity contribution is -0.120. The summed E-state index contributed by atoms with van der Waals surface area (Å²) in [6.07, 6.45) is 4.51. The van der Waals surface area contributed by atoms with Crippen LogP contribution in [-0.2, 0) is 24.2 Å². The minimum atomic E-state index is -0.495. The molecule has 0 radical (unpaired) electrons. The molecule has 0 bridgehead atoms. The first kappa shape index (κ1) is 18.0. The van der Waals surface area contributed by atoms with E-state index in [1.807, 2.05) is 42.5 Å². The molecule has 0 aliphatic heterocycles. The lowest BCUT2D eigenvalue weighted by atomic mass is 9.90. The van der Waals surface area contributed by atoms with Crippen molar-refractivity contribution in [1.82, 2.24) is 10.6 Å². The summed E-state index contributed by atoms with van der Waals surface area (Å²) >= 11 is 0. The van der Waals surface area contributed by atoms with Gasteiger partial charge in [-0.25, -0.2) is 4.79 Å². The minimum Gasteiger partial charge on any atom is -0.374 e. The largest absolute Gasteiger partial charge is 0.374 e. The molecule has 1 aliphatic rings. The average molecular weight is 351 g/mol. The van der Waals surface area contributed by atoms with Gasteiger partial charge < -0.3 is 10.6 Å². The monoisotopic (exact) mass is 351 g/mol. The fourth-order valence-corrected chi connectivity index (χ4v) is 3.26. The van der Waals surface area contributed by atoms with Gasteiger partial charge in [0.05, 0.1) is 0 Å². The summed E-state index contributed by atoms with van der Waals surface area (Å²) in [5.74, 6) is -0.344. The van der Waals surface area contributed by atoms with Crippen molar-refractivity contribution in [3.05, 3.63) is 65.2 Å². The van der Waals surface area contributed by atoms with Crippen LogP contribution in [0.3, 0.4) is 0 Å². The van der Waals surface area contributed by atoms with Crippen LogP contribution in [0, 0.1) is 0 Å². The van der Waals surface area contributed by atoms with Crippen LogP contribution >= 0.6 is 0 Å². The van der Waals surface area contributed by atoms with E-state index in [2.05, 4.69) is 22.0 Å². The van der Waals surface area contributed by atoms with Gasteiger partial charge >= 0.3 is 6.03 Å². The second-order valence-electron chi connectivity index (χ2n) is 6.67. The number of hydrogen-bond acceptors (Lipinski definition) is 3. The molecule has 136 valence electrons. The van der Waals surface area contributed by atoms with E-state index in [0.717, 1.165) is 24.1 Å². The van der Waals surface area contributed by atoms with Crippen molar-refractivity contribution in [1.29, 1.82) is 0 Å². The standard InChI is InChI=1S/C21H25N3O2/c1-15(23-19-13-7-11-17-10-5-6-12-18(17)19)20(25)24-21(26)22-14-16-8-3-2-4-9-16/h2-4,7-9,11,13,15,23H,5-6,10,12,14H2,1H3,(H2,22,24,25,26). The molecule has 0 saturated heterocycles. The zero-order chi connectivity index (χ0) is 18.4. The van der Waals surface area contributed by atoms with Gasteiger partial charge in [-0.1, -0.05) is 42.5 Å². The van der Waals surface area contributed by atoms with Crippen LogP contribution in [0.4, 0.5) is 10.5 Å². The quantitative estimate of drug-likeness (QED) is 0.773. The number of carbonyl (C=O) groups is 2. The molecule has 2 aromatic rings. The van der Waals surface area contributed by atoms with Gasteiger partial charge in [0.2, 0.25) is 5.91 Å². The summed E-state index contributed by atoms with van der Waals surface area (Å²) < 4.78 is 0. The maximum absolute atomic E-state index is 12.3. The SMILES string of the molecule is CC(Nc1cccc2c1CCCC2)C(=O)NC(=O)NCc1ccccc1. The molecule has 3 N–H and O–H groups in total. The Labute approximate surface area is 154 Å². The summed E-state index contributed by atoms with van der Waals surface area (Å²) in [4.78, 5) is 24.2. The van der Waals surface area contributed by atoms with Crippen LogP contribution in [0.15, 0.2) is 48.5 Å². The van der Waals surface area contributed by atoms with E-state index >= 15 is 0 Å². The molecular formula is C21H25N3O2. The highest BCUT2D eigenvalue weighted by molar-refractivity contribution is 5.98. The molecule has 2 aromatic carbocycles. The molecule has 0 fully saturated rings. The summed E-state index contributed by atoms with van der Waals surface area (Å²) in [5, 5.41) is 8.36. The maximum atomic E-state index is 12.3. The molecule has 1 aliphatic carbocycles. The fourth-order valence-electron chi connectivity index (χ4n) is 3.26. The molecule has 1 atom stereocenters. The Morgan fingerprint density at radius 3 is 2.58 bits per heavy atom. The van der Waals surface area contributed by atoms with E-state index < -0.39 is 12.1 Å². The number of rotatable bonds is 5. The molecule has 26 heavy (non-hydrogen) atoms. The highest BCUT2D eigenvalue weighted by Crippen LogP contribution is 2.28. The lowest BCUT2D eigenvalue weighted by Gasteiger charge is -2.22. The molecule has 0 heterocycles. The zero-order valence-corrected chi connectivity index (χ0v) is 15.0. The van der Waals surface area contributed by atoms with Crippen molar-refractivity contribution in [2.45, 2.75) is 45.2 Å². The van der Waals surface area contributed by atoms with Gasteiger partial charge in [-0.2, -0.15) is 0 Å². The average Bonchev–Trinajstić information content (AvgIpc) is 2.67. The highest BCUT2D eigenvalue weighted by Gasteiger charge is 2.19. The van der Waals surface area contributed by atoms with Crippen molar-refractivity contribution in [3.63, 3.8) is 0 Å². The third-order valence-corrected chi connectivity index (χ3v) is 4.69. The smallest absolute Gasteiger partial charge is 0.321 e. The van der Waals surface area contributed by atoms with E-state index in [1.165, 1.54) is 24.0 Å². The third kappa shape index (κ3) is 4.63. The third-order valence-electron chi connectivity index (χ3n) is 4.69. The molecular weight excluding hydrogens is 326 g/mol. The fraction of sp³-hybridized carbons (Fsp3) is 0.333. The Hall–Kier alpha value is -2.82. The van der Waals surface area contributed by atoms with E-state index in [1.54, 1.807) is 6.92 Å². The van der Waals surface area contributed by atoms with Crippen molar-refractivity contribution in [3.8, 4) is 0 Å². The van der Waals surface area contributed by atoms with Crippen molar-refractivity contribution >= 4 is 17.6 Å². The summed E-state index contributed by atoms with van der Waals surface area (Å²) in [6.45, 7) is 2.15. The van der Waals surface area contributed by atoms with E-state index in [0.29, 0.717) is 6.54 Å². The van der Waals surface area contributed by atoms with E-state index in [4.69, 9.17) is 0 Å². The van der Waals surface area contributed by atoms with Crippen molar-refractivity contribution in [2.24, 2.45) is 0 Å². The summed E-state index contributed by atoms with van der Waals surface area (Å²) in [7, 11) is 0. The number of fused-ring (bicyclic) bond motifs is 1. The Bertz CT molecular complexity index is 774. The second-order valence-corrected chi connectivity index (χ2v) is 6.67. The normalized spacial score (nSPS) is 14.0. The Morgan fingerprint density at radius 1 is 1.00 bits per heavy atom. The van der Waals surface area contributed by atoms with E-state index in [9.17, 15) is 9.59 Å².